The molecule has 1 aromatic heterocycles. The SMILES string of the molecule is CCCCCCCCCCCCCCOc1ccc(OCC(=O)NCCc2cc[n+](CCC)cc2)cc1C(C)(C)C. The highest BCUT2D eigenvalue weighted by molar-refractivity contribution is 5.77. The van der Waals surface area contributed by atoms with Gasteiger partial charge in [0.15, 0.2) is 19.0 Å². The Labute approximate surface area is 251 Å². The van der Waals surface area contributed by atoms with Crippen LogP contribution in [-0.4, -0.2) is 25.7 Å². The Balaban J connectivity index is 1.66. The molecule has 0 saturated heterocycles. The fourth-order valence-electron chi connectivity index (χ4n) is 5.04. The van der Waals surface area contributed by atoms with E-state index in [0.29, 0.717) is 12.3 Å². The Bertz CT molecular complexity index is 966. The van der Waals surface area contributed by atoms with Crippen LogP contribution in [0.2, 0.25) is 0 Å². The first-order valence-electron chi connectivity index (χ1n) is 16.5. The van der Waals surface area contributed by atoms with Crippen molar-refractivity contribution in [1.82, 2.24) is 5.32 Å². The second-order valence-corrected chi connectivity index (χ2v) is 12.5. The van der Waals surface area contributed by atoms with Gasteiger partial charge in [0.1, 0.15) is 18.0 Å². The monoisotopic (exact) mass is 567 g/mol. The quantitative estimate of drug-likeness (QED) is 0.115. The zero-order chi connectivity index (χ0) is 29.8. The summed E-state index contributed by atoms with van der Waals surface area (Å²) < 4.78 is 14.2. The zero-order valence-corrected chi connectivity index (χ0v) is 26.9. The molecule has 0 aliphatic heterocycles. The van der Waals surface area contributed by atoms with Crippen LogP contribution in [0.25, 0.3) is 0 Å². The van der Waals surface area contributed by atoms with Crippen molar-refractivity contribution < 1.29 is 18.8 Å². The lowest BCUT2D eigenvalue weighted by Gasteiger charge is -2.24. The van der Waals surface area contributed by atoms with Crippen molar-refractivity contribution in [3.8, 4) is 11.5 Å². The number of pyridine rings is 1. The minimum atomic E-state index is -0.105. The van der Waals surface area contributed by atoms with Crippen LogP contribution in [0.4, 0.5) is 0 Å². The third-order valence-electron chi connectivity index (χ3n) is 7.56. The Kier molecular flexibility index (Phi) is 17.2. The molecule has 0 unspecified atom stereocenters. The van der Waals surface area contributed by atoms with Gasteiger partial charge in [0.05, 0.1) is 6.61 Å². The second-order valence-electron chi connectivity index (χ2n) is 12.5. The first kappa shape index (κ1) is 34.6. The zero-order valence-electron chi connectivity index (χ0n) is 26.9. The number of aryl methyl sites for hydroxylation is 1. The van der Waals surface area contributed by atoms with Crippen LogP contribution in [0, 0.1) is 0 Å². The third kappa shape index (κ3) is 15.3. The van der Waals surface area contributed by atoms with E-state index in [0.717, 1.165) is 43.7 Å². The maximum atomic E-state index is 12.4. The van der Waals surface area contributed by atoms with Crippen molar-refractivity contribution in [3.63, 3.8) is 0 Å². The standard InChI is InChI=1S/C36H58N2O3/c1-6-8-9-10-11-12-13-14-15-16-17-18-28-40-34-20-19-32(29-33(34)36(3,4)5)41-30-35(39)37-24-21-31-22-26-38(25-7-2)27-23-31/h19-20,22-23,26-27,29H,6-18,21,24-25,28,30H2,1-5H3/p+1. The number of amides is 1. The molecule has 0 radical (unpaired) electrons. The van der Waals surface area contributed by atoms with Crippen LogP contribution in [0.15, 0.2) is 42.7 Å². The van der Waals surface area contributed by atoms with Crippen LogP contribution in [-0.2, 0) is 23.2 Å². The summed E-state index contributed by atoms with van der Waals surface area (Å²) in [5, 5.41) is 2.97. The number of carbonyl (C=O) groups is 1. The number of hydrogen-bond donors (Lipinski definition) is 1. The molecule has 0 fully saturated rings. The lowest BCUT2D eigenvalue weighted by atomic mass is 9.86. The molecule has 0 spiro atoms. The molecule has 230 valence electrons. The minimum absolute atomic E-state index is 0.00787. The summed E-state index contributed by atoms with van der Waals surface area (Å²) in [6.45, 7) is 13.4. The molecular weight excluding hydrogens is 508 g/mol. The number of unbranched alkanes of at least 4 members (excludes halogenated alkanes) is 11. The van der Waals surface area contributed by atoms with Crippen LogP contribution in [0.1, 0.15) is 129 Å². The summed E-state index contributed by atoms with van der Waals surface area (Å²) in [4.78, 5) is 12.4. The van der Waals surface area contributed by atoms with E-state index in [1.54, 1.807) is 0 Å². The second kappa shape index (κ2) is 20.3. The summed E-state index contributed by atoms with van der Waals surface area (Å²) in [7, 11) is 0. The highest BCUT2D eigenvalue weighted by atomic mass is 16.5. The molecule has 5 nitrogen and oxygen atoms in total. The van der Waals surface area contributed by atoms with Gasteiger partial charge >= 0.3 is 0 Å². The van der Waals surface area contributed by atoms with Gasteiger partial charge in [-0.05, 0) is 42.0 Å². The molecule has 1 amide bonds. The van der Waals surface area contributed by atoms with E-state index < -0.39 is 0 Å². The summed E-state index contributed by atoms with van der Waals surface area (Å²) >= 11 is 0. The molecule has 1 aromatic carbocycles. The highest BCUT2D eigenvalue weighted by Crippen LogP contribution is 2.34. The van der Waals surface area contributed by atoms with E-state index in [1.807, 2.05) is 18.2 Å². The van der Waals surface area contributed by atoms with Gasteiger partial charge in [-0.3, -0.25) is 4.79 Å². The average Bonchev–Trinajstić information content (AvgIpc) is 2.95. The van der Waals surface area contributed by atoms with E-state index >= 15 is 0 Å². The smallest absolute Gasteiger partial charge is 0.257 e. The van der Waals surface area contributed by atoms with Gasteiger partial charge in [0.2, 0.25) is 0 Å². The molecular formula is C36H59N2O3+. The topological polar surface area (TPSA) is 51.4 Å². The third-order valence-corrected chi connectivity index (χ3v) is 7.56. The van der Waals surface area contributed by atoms with Gasteiger partial charge in [-0.25, -0.2) is 4.57 Å². The number of carbonyl (C=O) groups excluding carboxylic acids is 1. The molecule has 2 aromatic rings. The van der Waals surface area contributed by atoms with Gasteiger partial charge in [-0.1, -0.05) is 105 Å². The Hall–Kier alpha value is -2.56. The maximum Gasteiger partial charge on any atom is 0.257 e. The molecule has 1 heterocycles. The predicted octanol–water partition coefficient (Wildman–Crippen LogP) is 8.50. The lowest BCUT2D eigenvalue weighted by Crippen LogP contribution is -2.33. The van der Waals surface area contributed by atoms with Gasteiger partial charge in [0, 0.05) is 30.7 Å². The van der Waals surface area contributed by atoms with Gasteiger partial charge in [-0.2, -0.15) is 0 Å². The van der Waals surface area contributed by atoms with Crippen LogP contribution < -0.4 is 19.4 Å². The molecule has 41 heavy (non-hydrogen) atoms. The maximum absolute atomic E-state index is 12.4. The van der Waals surface area contributed by atoms with Gasteiger partial charge in [-0.15, -0.1) is 0 Å². The van der Waals surface area contributed by atoms with Gasteiger partial charge in [0.25, 0.3) is 5.91 Å². The van der Waals surface area contributed by atoms with Gasteiger partial charge < -0.3 is 14.8 Å². The van der Waals surface area contributed by atoms with E-state index in [2.05, 4.69) is 69.0 Å². The summed E-state index contributed by atoms with van der Waals surface area (Å²) in [5.74, 6) is 1.51. The van der Waals surface area contributed by atoms with E-state index in [1.165, 1.54) is 76.2 Å². The molecule has 0 saturated carbocycles. The number of aromatic nitrogens is 1. The Morgan fingerprint density at radius 1 is 0.780 bits per heavy atom. The van der Waals surface area contributed by atoms with Crippen LogP contribution in [0.5, 0.6) is 11.5 Å². The molecule has 1 N–H and O–H groups in total. The number of rotatable bonds is 22. The first-order chi connectivity index (χ1) is 19.8. The summed E-state index contributed by atoms with van der Waals surface area (Å²) in [6, 6.07) is 10.2. The normalized spacial score (nSPS) is 11.4. The molecule has 5 heteroatoms. The number of nitrogens with one attached hydrogen (secondary N) is 1. The van der Waals surface area contributed by atoms with Crippen molar-refractivity contribution >= 4 is 5.91 Å². The average molecular weight is 568 g/mol. The lowest BCUT2D eigenvalue weighted by molar-refractivity contribution is -0.697. The molecule has 0 aliphatic carbocycles. The van der Waals surface area contributed by atoms with Crippen molar-refractivity contribution in [2.24, 2.45) is 0 Å². The molecule has 0 aliphatic rings. The van der Waals surface area contributed by atoms with Crippen molar-refractivity contribution in [2.45, 2.75) is 136 Å². The highest BCUT2D eigenvalue weighted by Gasteiger charge is 2.20. The first-order valence-corrected chi connectivity index (χ1v) is 16.5. The number of nitrogens with zero attached hydrogens (tertiary/aromatic N) is 1. The Morgan fingerprint density at radius 3 is 1.98 bits per heavy atom. The predicted molar refractivity (Wildman–Crippen MR) is 171 cm³/mol. The van der Waals surface area contributed by atoms with Crippen LogP contribution in [0.3, 0.4) is 0 Å². The Morgan fingerprint density at radius 2 is 1.39 bits per heavy atom. The molecule has 2 rings (SSSR count). The van der Waals surface area contributed by atoms with E-state index in [4.69, 9.17) is 9.47 Å². The number of hydrogen-bond acceptors (Lipinski definition) is 3. The largest absolute Gasteiger partial charge is 0.493 e. The summed E-state index contributed by atoms with van der Waals surface area (Å²) in [6.07, 6.45) is 22.2. The number of ether oxygens (including phenoxy) is 2. The van der Waals surface area contributed by atoms with E-state index in [9.17, 15) is 4.79 Å². The van der Waals surface area contributed by atoms with Crippen molar-refractivity contribution in [3.05, 3.63) is 53.9 Å². The fourth-order valence-corrected chi connectivity index (χ4v) is 5.04. The van der Waals surface area contributed by atoms with Crippen molar-refractivity contribution in [2.75, 3.05) is 19.8 Å². The number of benzene rings is 1. The van der Waals surface area contributed by atoms with Crippen molar-refractivity contribution in [1.29, 1.82) is 0 Å². The minimum Gasteiger partial charge on any atom is -0.493 e. The van der Waals surface area contributed by atoms with E-state index in [-0.39, 0.29) is 17.9 Å². The summed E-state index contributed by atoms with van der Waals surface area (Å²) in [5.41, 5.74) is 2.24. The molecule has 0 bridgehead atoms. The van der Waals surface area contributed by atoms with Crippen LogP contribution >= 0.6 is 0 Å². The molecule has 0 atom stereocenters. The fraction of sp³-hybridized carbons (Fsp3) is 0.667.